The van der Waals surface area contributed by atoms with Crippen molar-refractivity contribution in [1.82, 2.24) is 20.7 Å². The molecule has 7 N–H and O–H groups in total. The van der Waals surface area contributed by atoms with Crippen LogP contribution in [0.5, 0.6) is 0 Å². The fraction of sp³-hybridized carbons (Fsp3) is 0.708. The zero-order chi connectivity index (χ0) is 29.0. The molecule has 0 bridgehead atoms. The molecule has 0 rings (SSSR count). The average Bonchev–Trinajstić information content (AvgIpc) is 2.77. The van der Waals surface area contributed by atoms with Gasteiger partial charge in [-0.25, -0.2) is 13.1 Å². The molecular weight excluding hydrogens is 731 g/mol. The van der Waals surface area contributed by atoms with Crippen LogP contribution in [0.1, 0.15) is 60.3 Å². The van der Waals surface area contributed by atoms with Crippen molar-refractivity contribution in [3.05, 3.63) is 14.9 Å². The fourth-order valence-electron chi connectivity index (χ4n) is 3.46. The van der Waals surface area contributed by atoms with Gasteiger partial charge in [0.2, 0.25) is 27.7 Å². The third kappa shape index (κ3) is 17.6. The van der Waals surface area contributed by atoms with E-state index in [2.05, 4.69) is 16.0 Å². The van der Waals surface area contributed by atoms with Crippen molar-refractivity contribution >= 4 is 39.7 Å². The molecule has 0 radical (unpaired) electrons. The van der Waals surface area contributed by atoms with E-state index in [9.17, 15) is 37.5 Å². The molecule has 40 heavy (non-hydrogen) atoms. The number of carboxylic acid groups (broad SMARTS) is 2. The van der Waals surface area contributed by atoms with Gasteiger partial charge >= 0.3 is 33.0 Å². The van der Waals surface area contributed by atoms with Crippen molar-refractivity contribution in [2.45, 2.75) is 72.4 Å². The molecule has 3 amide bonds. The second kappa shape index (κ2) is 19.9. The number of aliphatic hydroxyl groups excluding tert-OH is 1. The Morgan fingerprint density at radius 3 is 1.93 bits per heavy atom. The van der Waals surface area contributed by atoms with Gasteiger partial charge in [-0.3, -0.25) is 24.0 Å². The van der Waals surface area contributed by atoms with Gasteiger partial charge in [-0.05, 0) is 26.2 Å². The Morgan fingerprint density at radius 2 is 1.48 bits per heavy atom. The normalized spacial score (nSPS) is 13.9. The summed E-state index contributed by atoms with van der Waals surface area (Å²) in [6, 6.07) is -1.81. The summed E-state index contributed by atoms with van der Waals surface area (Å²) in [7, 11) is -4.11. The van der Waals surface area contributed by atoms with Crippen molar-refractivity contribution in [2.24, 2.45) is 10.8 Å². The molecule has 0 aliphatic rings. The first-order valence-corrected chi connectivity index (χ1v) is 13.5. The van der Waals surface area contributed by atoms with Gasteiger partial charge in [0, 0.05) is 23.9 Å². The van der Waals surface area contributed by atoms with Crippen LogP contribution >= 0.6 is 0 Å². The van der Waals surface area contributed by atoms with Crippen LogP contribution in [0.15, 0.2) is 0 Å². The van der Waals surface area contributed by atoms with E-state index in [1.807, 2.05) is 6.92 Å². The molecule has 3 atom stereocenters. The average molecular weight is 778 g/mol. The molecule has 0 aromatic carbocycles. The number of nitrogens with one attached hydrogen (secondary N) is 4. The maximum atomic E-state index is 12.7. The summed E-state index contributed by atoms with van der Waals surface area (Å²) >= 11 is 0. The number of carbonyl (C=O) groups excluding carboxylic acids is 3. The third-order valence-corrected chi connectivity index (χ3v) is 7.12. The molecule has 0 fully saturated rings. The standard InChI is InChI=1S/C22H40N4O10S.2CH3.Pt/c1-6-22(5,20(34)24-11-14(2)27)13-21(3,4)19(33)25-12-16(28)23-8-7-9-37(35,36)26-15(18(31)32)10-17(29)30;;;/h14-15,26-27H,6-13H2,1-5H3,(H,23,28)(H,24,34)(H,25,33)(H,29,30)(H,31,32);2*1H3;/q;2*-1;+2. The summed E-state index contributed by atoms with van der Waals surface area (Å²) in [5.41, 5.74) is -1.90. The Labute approximate surface area is 252 Å². The maximum Gasteiger partial charge on any atom is 2.00 e. The number of sulfonamides is 1. The Morgan fingerprint density at radius 1 is 0.925 bits per heavy atom. The first kappa shape index (κ1) is 44.9. The Bertz CT molecular complexity index is 944. The molecule has 0 spiro atoms. The molecule has 0 heterocycles. The second-order valence-electron chi connectivity index (χ2n) is 9.85. The number of carboxylic acids is 2. The SMILES string of the molecule is CCC(C)(CC(C)(C)C(=O)NCC(=O)NCCCS(=O)(=O)NC(CC(=O)O)C(=O)O)C(=O)NCC(C)O.[CH3-].[CH3-].[Pt+2]. The molecule has 0 aliphatic carbocycles. The van der Waals surface area contributed by atoms with Crippen LogP contribution < -0.4 is 20.7 Å². The van der Waals surface area contributed by atoms with Gasteiger partial charge in [-0.15, -0.1) is 0 Å². The van der Waals surface area contributed by atoms with E-state index in [1.165, 1.54) is 0 Å². The zero-order valence-corrected chi connectivity index (χ0v) is 27.3. The minimum absolute atomic E-state index is 0. The third-order valence-electron chi connectivity index (χ3n) is 5.65. The van der Waals surface area contributed by atoms with Crippen molar-refractivity contribution in [3.63, 3.8) is 0 Å². The summed E-state index contributed by atoms with van der Waals surface area (Å²) in [6.07, 6.45) is -1.10. The van der Waals surface area contributed by atoms with Gasteiger partial charge in [0.15, 0.2) is 0 Å². The summed E-state index contributed by atoms with van der Waals surface area (Å²) < 4.78 is 25.8. The van der Waals surface area contributed by atoms with Crippen LogP contribution in [0.2, 0.25) is 0 Å². The monoisotopic (exact) mass is 777 g/mol. The topological polar surface area (TPSA) is 228 Å². The smallest absolute Gasteiger partial charge is 0.481 e. The van der Waals surface area contributed by atoms with Gasteiger partial charge < -0.3 is 46.1 Å². The Hall–Kier alpha value is -2.09. The predicted molar refractivity (Wildman–Crippen MR) is 146 cm³/mol. The Balaban J connectivity index is -0.00000216. The molecule has 0 aliphatic heterocycles. The molecule has 0 aromatic rings. The predicted octanol–water partition coefficient (Wildman–Crippen LogP) is -0.316. The molecule has 16 heteroatoms. The first-order valence-electron chi connectivity index (χ1n) is 11.8. The molecule has 14 nitrogen and oxygen atoms in total. The van der Waals surface area contributed by atoms with E-state index in [4.69, 9.17) is 10.2 Å². The van der Waals surface area contributed by atoms with E-state index in [1.54, 1.807) is 32.4 Å². The summed E-state index contributed by atoms with van der Waals surface area (Å²) in [6.45, 7) is 7.96. The summed E-state index contributed by atoms with van der Waals surface area (Å²) in [5.74, 6) is -5.00. The minimum atomic E-state index is -4.11. The number of amides is 3. The zero-order valence-electron chi connectivity index (χ0n) is 24.2. The van der Waals surface area contributed by atoms with Crippen LogP contribution in [0.3, 0.4) is 0 Å². The van der Waals surface area contributed by atoms with Crippen LogP contribution in [0, 0.1) is 25.7 Å². The largest absolute Gasteiger partial charge is 2.00 e. The summed E-state index contributed by atoms with van der Waals surface area (Å²) in [5, 5.41) is 34.6. The van der Waals surface area contributed by atoms with Gasteiger partial charge in [0.05, 0.1) is 24.8 Å². The van der Waals surface area contributed by atoms with Crippen LogP contribution in [-0.4, -0.2) is 90.9 Å². The van der Waals surface area contributed by atoms with Gasteiger partial charge in [-0.2, -0.15) is 0 Å². The second-order valence-corrected chi connectivity index (χ2v) is 11.7. The number of carbonyl (C=O) groups is 5. The number of hydrogen-bond donors (Lipinski definition) is 7. The number of aliphatic carboxylic acids is 2. The minimum Gasteiger partial charge on any atom is -0.481 e. The molecule has 3 unspecified atom stereocenters. The number of rotatable bonds is 18. The first-order chi connectivity index (χ1) is 16.8. The van der Waals surface area contributed by atoms with Gasteiger partial charge in [0.25, 0.3) is 0 Å². The molecule has 0 aromatic heterocycles. The van der Waals surface area contributed by atoms with E-state index in [0.29, 0.717) is 6.42 Å². The van der Waals surface area contributed by atoms with Crippen molar-refractivity contribution in [3.8, 4) is 0 Å². The van der Waals surface area contributed by atoms with E-state index in [-0.39, 0.29) is 74.3 Å². The number of hydrogen-bond acceptors (Lipinski definition) is 8. The van der Waals surface area contributed by atoms with Crippen LogP contribution in [-0.2, 0) is 55.1 Å². The van der Waals surface area contributed by atoms with Crippen molar-refractivity contribution < 1.29 is 68.8 Å². The van der Waals surface area contributed by atoms with E-state index < -0.39 is 68.9 Å². The van der Waals surface area contributed by atoms with E-state index >= 15 is 0 Å². The summed E-state index contributed by atoms with van der Waals surface area (Å²) in [4.78, 5) is 59.0. The van der Waals surface area contributed by atoms with Crippen molar-refractivity contribution in [2.75, 3.05) is 25.4 Å². The molecule has 238 valence electrons. The molecule has 0 saturated heterocycles. The Kier molecular flexibility index (Phi) is 22.3. The van der Waals surface area contributed by atoms with E-state index in [0.717, 1.165) is 0 Å². The fourth-order valence-corrected chi connectivity index (χ4v) is 4.72. The molecule has 0 saturated carbocycles. The maximum absolute atomic E-state index is 12.7. The molecular formula is C24H46N4O10PtS. The van der Waals surface area contributed by atoms with Crippen molar-refractivity contribution in [1.29, 1.82) is 0 Å². The van der Waals surface area contributed by atoms with Gasteiger partial charge in [-0.1, -0.05) is 27.7 Å². The quantitative estimate of drug-likeness (QED) is 0.0709. The van der Waals surface area contributed by atoms with Crippen LogP contribution in [0.4, 0.5) is 0 Å². The van der Waals surface area contributed by atoms with Crippen LogP contribution in [0.25, 0.3) is 0 Å². The number of aliphatic hydroxyl groups is 1. The van der Waals surface area contributed by atoms with Gasteiger partial charge in [0.1, 0.15) is 6.04 Å².